The van der Waals surface area contributed by atoms with Gasteiger partial charge in [0.15, 0.2) is 0 Å². The van der Waals surface area contributed by atoms with E-state index in [-0.39, 0.29) is 24.1 Å². The highest BCUT2D eigenvalue weighted by atomic mass is 16.5. The molecule has 0 heterocycles. The van der Waals surface area contributed by atoms with Gasteiger partial charge in [0.05, 0.1) is 19.3 Å². The predicted molar refractivity (Wildman–Crippen MR) is 142 cm³/mol. The number of aliphatic carboxylic acids is 1. The summed E-state index contributed by atoms with van der Waals surface area (Å²) in [7, 11) is 1.33. The first kappa shape index (κ1) is 33.1. The first-order valence-electron chi connectivity index (χ1n) is 11.2. The molecule has 0 aliphatic carbocycles. The van der Waals surface area contributed by atoms with Crippen LogP contribution in [-0.2, 0) is 40.0 Å². The largest absolute Gasteiger partial charge is 0.478 e. The van der Waals surface area contributed by atoms with Crippen molar-refractivity contribution in [3.05, 3.63) is 115 Å². The fourth-order valence-corrected chi connectivity index (χ4v) is 2.12. The molecule has 1 N–H and O–H groups in total. The standard InChI is InChI=1S/C14H14O5.C10H10O2.C5H8O2/c1-2-18-14(17)11(8-9-13(15)16)10-19-12-6-4-3-5-7-12;1-2-10(11)12-8-9-6-4-3-5-7-9;1-4(2)5(6)7-3/h3-10H,2H2,1H3,(H,15,16);2-7H,1,8H2;1H2,2-3H3. The molecule has 0 spiro atoms. The summed E-state index contributed by atoms with van der Waals surface area (Å²) in [6.07, 6.45) is 4.29. The number of carboxylic acids is 1. The van der Waals surface area contributed by atoms with Crippen molar-refractivity contribution in [1.82, 2.24) is 0 Å². The Morgan fingerprint density at radius 3 is 1.92 bits per heavy atom. The van der Waals surface area contributed by atoms with Gasteiger partial charge in [-0.05, 0) is 37.6 Å². The number of methoxy groups -OCH3 is 1. The summed E-state index contributed by atoms with van der Waals surface area (Å²) in [4.78, 5) is 42.8. The number of hydrogen-bond donors (Lipinski definition) is 1. The summed E-state index contributed by atoms with van der Waals surface area (Å²) in [6.45, 7) is 10.4. The number of hydrogen-bond acceptors (Lipinski definition) is 8. The van der Waals surface area contributed by atoms with Crippen molar-refractivity contribution < 1.29 is 43.2 Å². The molecule has 0 amide bonds. The number of carbonyl (C=O) groups is 4. The lowest BCUT2D eigenvalue weighted by molar-refractivity contribution is -0.139. The van der Waals surface area contributed by atoms with Crippen molar-refractivity contribution >= 4 is 23.9 Å². The van der Waals surface area contributed by atoms with Crippen LogP contribution in [-0.4, -0.2) is 42.7 Å². The van der Waals surface area contributed by atoms with Crippen LogP contribution in [0.5, 0.6) is 5.75 Å². The van der Waals surface area contributed by atoms with Gasteiger partial charge in [0.2, 0.25) is 0 Å². The van der Waals surface area contributed by atoms with Gasteiger partial charge in [-0.2, -0.15) is 0 Å². The quantitative estimate of drug-likeness (QED) is 0.153. The molecule has 0 aliphatic heterocycles. The minimum absolute atomic E-state index is 0.0214. The van der Waals surface area contributed by atoms with Crippen molar-refractivity contribution in [3.8, 4) is 5.75 Å². The molecule has 38 heavy (non-hydrogen) atoms. The van der Waals surface area contributed by atoms with Crippen molar-refractivity contribution in [3.63, 3.8) is 0 Å². The molecule has 0 radical (unpaired) electrons. The van der Waals surface area contributed by atoms with E-state index in [1.807, 2.05) is 36.4 Å². The molecule has 0 aliphatic rings. The zero-order valence-corrected chi connectivity index (χ0v) is 21.6. The average molecular weight is 525 g/mol. The van der Waals surface area contributed by atoms with Crippen molar-refractivity contribution in [2.45, 2.75) is 20.5 Å². The number of esters is 3. The second-order valence-electron chi connectivity index (χ2n) is 6.97. The number of rotatable bonds is 10. The predicted octanol–water partition coefficient (Wildman–Crippen LogP) is 4.80. The summed E-state index contributed by atoms with van der Waals surface area (Å²) in [5.41, 5.74) is 1.43. The fraction of sp³-hybridized carbons (Fsp3) is 0.172. The molecule has 0 saturated carbocycles. The van der Waals surface area contributed by atoms with Crippen LogP contribution < -0.4 is 4.74 Å². The van der Waals surface area contributed by atoms with E-state index < -0.39 is 11.9 Å². The average Bonchev–Trinajstić information content (AvgIpc) is 2.93. The summed E-state index contributed by atoms with van der Waals surface area (Å²) >= 11 is 0. The highest BCUT2D eigenvalue weighted by Gasteiger charge is 2.08. The monoisotopic (exact) mass is 524 g/mol. The zero-order valence-electron chi connectivity index (χ0n) is 21.6. The van der Waals surface area contributed by atoms with E-state index in [4.69, 9.17) is 19.3 Å². The lowest BCUT2D eigenvalue weighted by atomic mass is 10.2. The highest BCUT2D eigenvalue weighted by molar-refractivity contribution is 5.93. The molecule has 9 nitrogen and oxygen atoms in total. The SMILES string of the molecule is C=C(C)C(=O)OC.C=CC(=O)OCc1ccccc1.CCOC(=O)C(C=CC(=O)O)=COc1ccccc1. The molecule has 0 atom stereocenters. The van der Waals surface area contributed by atoms with Gasteiger partial charge in [-0.15, -0.1) is 0 Å². The van der Waals surface area contributed by atoms with Gasteiger partial charge >= 0.3 is 23.9 Å². The molecule has 0 bridgehead atoms. The van der Waals surface area contributed by atoms with E-state index in [1.165, 1.54) is 7.11 Å². The lowest BCUT2D eigenvalue weighted by Gasteiger charge is -2.04. The molecule has 2 aromatic carbocycles. The Hall–Kier alpha value is -4.92. The van der Waals surface area contributed by atoms with Crippen molar-refractivity contribution in [2.24, 2.45) is 0 Å². The molecule has 0 saturated heterocycles. The van der Waals surface area contributed by atoms with Gasteiger partial charge in [0.1, 0.15) is 18.6 Å². The molecular formula is C29H32O9. The Labute approximate surface area is 222 Å². The molecule has 0 aromatic heterocycles. The Morgan fingerprint density at radius 2 is 1.47 bits per heavy atom. The summed E-state index contributed by atoms with van der Waals surface area (Å²) in [5.74, 6) is -2.00. The molecular weight excluding hydrogens is 492 g/mol. The minimum Gasteiger partial charge on any atom is -0.478 e. The number of carboxylic acid groups (broad SMARTS) is 1. The molecule has 2 rings (SSSR count). The molecule has 2 aromatic rings. The fourth-order valence-electron chi connectivity index (χ4n) is 2.12. The van der Waals surface area contributed by atoms with Crippen molar-refractivity contribution in [2.75, 3.05) is 13.7 Å². The Kier molecular flexibility index (Phi) is 17.7. The summed E-state index contributed by atoms with van der Waals surface area (Å²) < 4.78 is 19.1. The smallest absolute Gasteiger partial charge is 0.341 e. The van der Waals surface area contributed by atoms with E-state index >= 15 is 0 Å². The third-order valence-electron chi connectivity index (χ3n) is 3.91. The van der Waals surface area contributed by atoms with Crippen LogP contribution in [0.4, 0.5) is 0 Å². The van der Waals surface area contributed by atoms with Crippen LogP contribution in [0.2, 0.25) is 0 Å². The van der Waals surface area contributed by atoms with Crippen LogP contribution in [0.25, 0.3) is 0 Å². The second-order valence-corrected chi connectivity index (χ2v) is 6.97. The van der Waals surface area contributed by atoms with Gasteiger partial charge < -0.3 is 24.1 Å². The summed E-state index contributed by atoms with van der Waals surface area (Å²) in [5, 5.41) is 8.55. The van der Waals surface area contributed by atoms with Crippen molar-refractivity contribution in [1.29, 1.82) is 0 Å². The number of carbonyl (C=O) groups excluding carboxylic acids is 3. The van der Waals surface area contributed by atoms with Gasteiger partial charge in [-0.3, -0.25) is 0 Å². The maximum Gasteiger partial charge on any atom is 0.341 e. The number of ether oxygens (including phenoxy) is 4. The van der Waals surface area contributed by atoms with Crippen LogP contribution in [0, 0.1) is 0 Å². The van der Waals surface area contributed by atoms with E-state index in [2.05, 4.69) is 17.9 Å². The Morgan fingerprint density at radius 1 is 0.895 bits per heavy atom. The Bertz CT molecular complexity index is 1100. The Balaban J connectivity index is 0.000000612. The lowest BCUT2D eigenvalue weighted by Crippen LogP contribution is -2.07. The van der Waals surface area contributed by atoms with Gasteiger partial charge in [-0.1, -0.05) is 61.7 Å². The van der Waals surface area contributed by atoms with E-state index in [1.54, 1.807) is 38.1 Å². The van der Waals surface area contributed by atoms with Crippen LogP contribution in [0.15, 0.2) is 109 Å². The van der Waals surface area contributed by atoms with Crippen LogP contribution in [0.3, 0.4) is 0 Å². The van der Waals surface area contributed by atoms with Gasteiger partial charge in [0.25, 0.3) is 0 Å². The third-order valence-corrected chi connectivity index (χ3v) is 3.91. The van der Waals surface area contributed by atoms with E-state index in [0.717, 1.165) is 30.1 Å². The highest BCUT2D eigenvalue weighted by Crippen LogP contribution is 2.11. The van der Waals surface area contributed by atoms with E-state index in [9.17, 15) is 19.2 Å². The molecule has 202 valence electrons. The molecule has 0 unspecified atom stereocenters. The van der Waals surface area contributed by atoms with Gasteiger partial charge in [0, 0.05) is 17.7 Å². The number of benzene rings is 2. The summed E-state index contributed by atoms with van der Waals surface area (Å²) in [6, 6.07) is 18.3. The van der Waals surface area contributed by atoms with Gasteiger partial charge in [-0.25, -0.2) is 19.2 Å². The topological polar surface area (TPSA) is 125 Å². The first-order chi connectivity index (χ1) is 18.1. The minimum atomic E-state index is -1.16. The van der Waals surface area contributed by atoms with Crippen LogP contribution in [0.1, 0.15) is 19.4 Å². The zero-order chi connectivity index (χ0) is 28.8. The van der Waals surface area contributed by atoms with Crippen LogP contribution >= 0.6 is 0 Å². The molecule has 0 fully saturated rings. The maximum absolute atomic E-state index is 11.6. The normalized spacial score (nSPS) is 9.92. The third kappa shape index (κ3) is 16.7. The first-order valence-corrected chi connectivity index (χ1v) is 11.2. The number of para-hydroxylation sites is 1. The molecule has 9 heteroatoms. The maximum atomic E-state index is 11.6. The van der Waals surface area contributed by atoms with E-state index in [0.29, 0.717) is 17.9 Å². The second kappa shape index (κ2) is 20.3.